The molecule has 7 heteroatoms. The Balaban J connectivity index is 1.86. The maximum atomic E-state index is 14.0. The van der Waals surface area contributed by atoms with E-state index in [1.807, 2.05) is 38.1 Å². The van der Waals surface area contributed by atoms with E-state index < -0.39 is 17.0 Å². The van der Waals surface area contributed by atoms with Crippen LogP contribution >= 0.6 is 23.4 Å². The summed E-state index contributed by atoms with van der Waals surface area (Å²) >= 11 is 6.84. The summed E-state index contributed by atoms with van der Waals surface area (Å²) in [4.78, 5) is 26.4. The van der Waals surface area contributed by atoms with Gasteiger partial charge in [0.05, 0.1) is 17.6 Å². The van der Waals surface area contributed by atoms with E-state index in [9.17, 15) is 14.0 Å². The minimum absolute atomic E-state index is 0.0211. The lowest BCUT2D eigenvalue weighted by molar-refractivity contribution is -0.123. The van der Waals surface area contributed by atoms with Crippen molar-refractivity contribution in [3.05, 3.63) is 69.3 Å². The van der Waals surface area contributed by atoms with Gasteiger partial charge < -0.3 is 4.74 Å². The van der Waals surface area contributed by atoms with Gasteiger partial charge in [-0.25, -0.2) is 4.39 Å². The summed E-state index contributed by atoms with van der Waals surface area (Å²) in [5.41, 5.74) is 0.824. The van der Waals surface area contributed by atoms with Gasteiger partial charge in [-0.3, -0.25) is 14.5 Å². The largest absolute Gasteiger partial charge is 0.490 e. The first kappa shape index (κ1) is 20.4. The number of carbonyl (C=O) groups excluding carboxylic acids is 2. The van der Waals surface area contributed by atoms with Crippen LogP contribution in [0.5, 0.6) is 5.75 Å². The van der Waals surface area contributed by atoms with Crippen LogP contribution in [0.2, 0.25) is 5.02 Å². The van der Waals surface area contributed by atoms with Crippen molar-refractivity contribution in [2.75, 3.05) is 0 Å². The molecule has 0 saturated carbocycles. The molecule has 4 nitrogen and oxygen atoms in total. The van der Waals surface area contributed by atoms with Crippen molar-refractivity contribution in [1.29, 1.82) is 0 Å². The number of thioether (sulfide) groups is 1. The van der Waals surface area contributed by atoms with Crippen molar-refractivity contribution >= 4 is 40.6 Å². The van der Waals surface area contributed by atoms with E-state index in [4.69, 9.17) is 16.3 Å². The molecule has 1 aliphatic rings. The number of amides is 2. The normalized spacial score (nSPS) is 16.7. The molecule has 0 aromatic heterocycles. The molecule has 1 unspecified atom stereocenters. The Kier molecular flexibility index (Phi) is 6.42. The number of halogens is 2. The fourth-order valence-electron chi connectivity index (χ4n) is 2.63. The number of carbonyl (C=O) groups is 2. The average Bonchev–Trinajstić information content (AvgIpc) is 2.93. The molecular weight excluding hydrogens is 401 g/mol. The number of hydrogen-bond acceptors (Lipinski definition) is 4. The third kappa shape index (κ3) is 4.39. The molecule has 2 amide bonds. The molecule has 1 aliphatic heterocycles. The Labute approximate surface area is 172 Å². The molecule has 2 aromatic rings. The number of nitrogens with zero attached hydrogens (tertiary/aromatic N) is 1. The van der Waals surface area contributed by atoms with Crippen molar-refractivity contribution in [3.8, 4) is 5.75 Å². The van der Waals surface area contributed by atoms with Crippen molar-refractivity contribution in [2.45, 2.75) is 32.9 Å². The zero-order chi connectivity index (χ0) is 20.3. The number of benzene rings is 2. The number of imide groups is 1. The summed E-state index contributed by atoms with van der Waals surface area (Å²) in [5, 5.41) is -0.286. The minimum Gasteiger partial charge on any atom is -0.490 e. The number of rotatable bonds is 6. The smallest absolute Gasteiger partial charge is 0.293 e. The Morgan fingerprint density at radius 2 is 1.96 bits per heavy atom. The lowest BCUT2D eigenvalue weighted by Gasteiger charge is -2.15. The van der Waals surface area contributed by atoms with Crippen LogP contribution in [0, 0.1) is 5.82 Å². The number of para-hydroxylation sites is 1. The van der Waals surface area contributed by atoms with Gasteiger partial charge in [-0.05, 0) is 49.4 Å². The first-order valence-corrected chi connectivity index (χ1v) is 10.0. The summed E-state index contributed by atoms with van der Waals surface area (Å²) in [5.74, 6) is -0.392. The highest BCUT2D eigenvalue weighted by Crippen LogP contribution is 2.36. The fraction of sp³-hybridized carbons (Fsp3) is 0.238. The molecule has 0 N–H and O–H groups in total. The predicted octanol–water partition coefficient (Wildman–Crippen LogP) is 5.89. The van der Waals surface area contributed by atoms with Crippen LogP contribution in [-0.2, 0) is 11.3 Å². The zero-order valence-electron chi connectivity index (χ0n) is 15.4. The summed E-state index contributed by atoms with van der Waals surface area (Å²) in [6.45, 7) is 3.77. The second-order valence-corrected chi connectivity index (χ2v) is 7.74. The third-order valence-corrected chi connectivity index (χ3v) is 5.62. The molecule has 1 heterocycles. The molecule has 146 valence electrons. The maximum absolute atomic E-state index is 14.0. The van der Waals surface area contributed by atoms with Crippen molar-refractivity contribution < 1.29 is 18.7 Å². The van der Waals surface area contributed by atoms with Gasteiger partial charge in [0, 0.05) is 16.1 Å². The summed E-state index contributed by atoms with van der Waals surface area (Å²) in [6, 6.07) is 11.6. The summed E-state index contributed by atoms with van der Waals surface area (Å²) in [6.07, 6.45) is 2.49. The first-order chi connectivity index (χ1) is 13.4. The van der Waals surface area contributed by atoms with Gasteiger partial charge in [-0.15, -0.1) is 0 Å². The van der Waals surface area contributed by atoms with Crippen LogP contribution in [0.3, 0.4) is 0 Å². The first-order valence-electron chi connectivity index (χ1n) is 8.84. The van der Waals surface area contributed by atoms with Crippen LogP contribution in [0.15, 0.2) is 47.4 Å². The Bertz CT molecular complexity index is 927. The van der Waals surface area contributed by atoms with E-state index in [2.05, 4.69) is 0 Å². The van der Waals surface area contributed by atoms with Gasteiger partial charge in [0.25, 0.3) is 11.1 Å². The topological polar surface area (TPSA) is 46.6 Å². The van der Waals surface area contributed by atoms with Crippen LogP contribution in [0.4, 0.5) is 9.18 Å². The summed E-state index contributed by atoms with van der Waals surface area (Å²) in [7, 11) is 0. The van der Waals surface area contributed by atoms with Gasteiger partial charge in [0.15, 0.2) is 0 Å². The van der Waals surface area contributed by atoms with E-state index in [0.29, 0.717) is 11.3 Å². The standard InChI is InChI=1S/C21H19ClFNO3S/c1-3-13(2)27-18-10-5-4-7-14(18)11-19-20(25)24(21(26)28-19)12-15-16(22)8-6-9-17(15)23/h4-11,13H,3,12H2,1-2H3/b19-11-. The maximum Gasteiger partial charge on any atom is 0.293 e. The van der Waals surface area contributed by atoms with Crippen LogP contribution < -0.4 is 4.74 Å². The molecule has 0 bridgehead atoms. The molecule has 0 spiro atoms. The Morgan fingerprint density at radius 1 is 1.21 bits per heavy atom. The molecular formula is C21H19ClFNO3S. The van der Waals surface area contributed by atoms with Gasteiger partial charge in [0.1, 0.15) is 11.6 Å². The van der Waals surface area contributed by atoms with E-state index in [1.165, 1.54) is 18.2 Å². The van der Waals surface area contributed by atoms with E-state index in [-0.39, 0.29) is 28.1 Å². The second kappa shape index (κ2) is 8.80. The molecule has 1 saturated heterocycles. The van der Waals surface area contributed by atoms with Crippen LogP contribution in [-0.4, -0.2) is 22.2 Å². The van der Waals surface area contributed by atoms with Crippen molar-refractivity contribution in [1.82, 2.24) is 4.90 Å². The van der Waals surface area contributed by atoms with Crippen molar-refractivity contribution in [2.24, 2.45) is 0 Å². The Morgan fingerprint density at radius 3 is 2.68 bits per heavy atom. The average molecular weight is 420 g/mol. The molecule has 1 fully saturated rings. The predicted molar refractivity (Wildman–Crippen MR) is 110 cm³/mol. The van der Waals surface area contributed by atoms with Gasteiger partial charge in [-0.1, -0.05) is 42.8 Å². The second-order valence-electron chi connectivity index (χ2n) is 6.34. The molecule has 1 atom stereocenters. The monoisotopic (exact) mass is 419 g/mol. The van der Waals surface area contributed by atoms with Crippen LogP contribution in [0.1, 0.15) is 31.4 Å². The number of hydrogen-bond donors (Lipinski definition) is 0. The highest BCUT2D eigenvalue weighted by molar-refractivity contribution is 8.18. The molecule has 3 rings (SSSR count). The molecule has 2 aromatic carbocycles. The third-order valence-electron chi connectivity index (χ3n) is 4.36. The zero-order valence-corrected chi connectivity index (χ0v) is 17.0. The van der Waals surface area contributed by atoms with E-state index in [1.54, 1.807) is 6.08 Å². The lowest BCUT2D eigenvalue weighted by atomic mass is 10.1. The molecule has 0 radical (unpaired) electrons. The summed E-state index contributed by atoms with van der Waals surface area (Å²) < 4.78 is 19.9. The Hall–Kier alpha value is -2.31. The van der Waals surface area contributed by atoms with E-state index in [0.717, 1.165) is 23.1 Å². The SMILES string of the molecule is CCC(C)Oc1ccccc1/C=C1\SC(=O)N(Cc2c(F)cccc2Cl)C1=O. The van der Waals surface area contributed by atoms with Gasteiger partial charge in [0.2, 0.25) is 0 Å². The molecule has 28 heavy (non-hydrogen) atoms. The highest BCUT2D eigenvalue weighted by Gasteiger charge is 2.36. The van der Waals surface area contributed by atoms with Crippen LogP contribution in [0.25, 0.3) is 6.08 Å². The molecule has 0 aliphatic carbocycles. The quantitative estimate of drug-likeness (QED) is 0.547. The highest BCUT2D eigenvalue weighted by atomic mass is 35.5. The van der Waals surface area contributed by atoms with Gasteiger partial charge in [-0.2, -0.15) is 0 Å². The fourth-order valence-corrected chi connectivity index (χ4v) is 3.68. The number of ether oxygens (including phenoxy) is 1. The van der Waals surface area contributed by atoms with E-state index >= 15 is 0 Å². The van der Waals surface area contributed by atoms with Crippen molar-refractivity contribution in [3.63, 3.8) is 0 Å². The minimum atomic E-state index is -0.553. The van der Waals surface area contributed by atoms with Gasteiger partial charge >= 0.3 is 0 Å². The lowest BCUT2D eigenvalue weighted by Crippen LogP contribution is -2.28.